The van der Waals surface area contributed by atoms with Crippen molar-refractivity contribution in [1.82, 2.24) is 4.98 Å². The first kappa shape index (κ1) is 12.2. The molecule has 1 aromatic carbocycles. The molecular formula is C14H13ClN2O2. The van der Waals surface area contributed by atoms with Crippen LogP contribution in [0.4, 0.5) is 5.82 Å². The fourth-order valence-electron chi connectivity index (χ4n) is 2.43. The molecule has 98 valence electrons. The van der Waals surface area contributed by atoms with Gasteiger partial charge in [-0.15, -0.1) is 0 Å². The summed E-state index contributed by atoms with van der Waals surface area (Å²) in [5.74, 6) is -0.207. The first-order chi connectivity index (χ1) is 9.13. The van der Waals surface area contributed by atoms with E-state index in [0.717, 1.165) is 23.3 Å². The molecule has 5 heteroatoms. The van der Waals surface area contributed by atoms with Gasteiger partial charge in [0.2, 0.25) is 0 Å². The summed E-state index contributed by atoms with van der Waals surface area (Å²) in [5, 5.41) is 10.7. The van der Waals surface area contributed by atoms with Crippen LogP contribution in [0.15, 0.2) is 30.3 Å². The third kappa shape index (κ3) is 2.36. The van der Waals surface area contributed by atoms with Gasteiger partial charge in [-0.25, -0.2) is 4.98 Å². The second kappa shape index (κ2) is 4.70. The third-order valence-corrected chi connectivity index (χ3v) is 3.74. The molecule has 1 aliphatic rings. The number of fused-ring (bicyclic) bond motifs is 1. The van der Waals surface area contributed by atoms with Crippen LogP contribution >= 0.6 is 11.6 Å². The predicted molar refractivity (Wildman–Crippen MR) is 74.7 cm³/mol. The zero-order valence-corrected chi connectivity index (χ0v) is 11.0. The van der Waals surface area contributed by atoms with Crippen LogP contribution in [0.5, 0.6) is 0 Å². The SMILES string of the molecule is O=C(O)C1CCN(c2ccc3ccc(Cl)cc3n2)C1. The van der Waals surface area contributed by atoms with Gasteiger partial charge in [-0.1, -0.05) is 17.7 Å². The van der Waals surface area contributed by atoms with Gasteiger partial charge < -0.3 is 10.0 Å². The Balaban J connectivity index is 1.91. The minimum Gasteiger partial charge on any atom is -0.481 e. The molecule has 0 saturated carbocycles. The van der Waals surface area contributed by atoms with Gasteiger partial charge >= 0.3 is 5.97 Å². The Hall–Kier alpha value is -1.81. The van der Waals surface area contributed by atoms with E-state index in [9.17, 15) is 4.79 Å². The van der Waals surface area contributed by atoms with E-state index in [1.807, 2.05) is 35.2 Å². The maximum Gasteiger partial charge on any atom is 0.308 e. The number of hydrogen-bond donors (Lipinski definition) is 1. The Morgan fingerprint density at radius 2 is 2.16 bits per heavy atom. The van der Waals surface area contributed by atoms with Crippen LogP contribution < -0.4 is 4.90 Å². The fourth-order valence-corrected chi connectivity index (χ4v) is 2.59. The molecule has 0 spiro atoms. The Labute approximate surface area is 115 Å². The summed E-state index contributed by atoms with van der Waals surface area (Å²) in [6.45, 7) is 1.25. The maximum absolute atomic E-state index is 11.0. The average molecular weight is 277 g/mol. The number of hydrogen-bond acceptors (Lipinski definition) is 3. The molecule has 19 heavy (non-hydrogen) atoms. The second-order valence-corrected chi connectivity index (χ2v) is 5.21. The van der Waals surface area contributed by atoms with Gasteiger partial charge in [0.05, 0.1) is 11.4 Å². The van der Waals surface area contributed by atoms with E-state index in [1.54, 1.807) is 0 Å². The number of benzene rings is 1. The molecule has 0 bridgehead atoms. The number of anilines is 1. The smallest absolute Gasteiger partial charge is 0.308 e. The van der Waals surface area contributed by atoms with Gasteiger partial charge in [0, 0.05) is 23.5 Å². The number of nitrogens with zero attached hydrogens (tertiary/aromatic N) is 2. The Morgan fingerprint density at radius 3 is 2.89 bits per heavy atom. The van der Waals surface area contributed by atoms with Crippen LogP contribution in [0.25, 0.3) is 10.9 Å². The summed E-state index contributed by atoms with van der Waals surface area (Å²) in [6.07, 6.45) is 0.671. The molecule has 2 aromatic rings. The number of pyridine rings is 1. The van der Waals surface area contributed by atoms with Crippen molar-refractivity contribution >= 4 is 34.3 Å². The van der Waals surface area contributed by atoms with E-state index in [4.69, 9.17) is 16.7 Å². The summed E-state index contributed by atoms with van der Waals surface area (Å²) in [5.41, 5.74) is 0.837. The van der Waals surface area contributed by atoms with Crippen molar-refractivity contribution < 1.29 is 9.90 Å². The van der Waals surface area contributed by atoms with Crippen LogP contribution in [0.1, 0.15) is 6.42 Å². The molecule has 1 atom stereocenters. The summed E-state index contributed by atoms with van der Waals surface area (Å²) < 4.78 is 0. The average Bonchev–Trinajstić information content (AvgIpc) is 2.87. The number of halogens is 1. The lowest BCUT2D eigenvalue weighted by Gasteiger charge is -2.17. The molecule has 0 aliphatic carbocycles. The molecular weight excluding hydrogens is 264 g/mol. The van der Waals surface area contributed by atoms with E-state index in [2.05, 4.69) is 4.98 Å². The van der Waals surface area contributed by atoms with Gasteiger partial charge in [-0.05, 0) is 30.7 Å². The standard InChI is InChI=1S/C14H13ClN2O2/c15-11-3-1-9-2-4-13(16-12(9)7-11)17-6-5-10(8-17)14(18)19/h1-4,7,10H,5-6,8H2,(H,18,19). The fraction of sp³-hybridized carbons (Fsp3) is 0.286. The van der Waals surface area contributed by atoms with Gasteiger partial charge in [0.1, 0.15) is 5.82 Å². The van der Waals surface area contributed by atoms with Gasteiger partial charge in [-0.2, -0.15) is 0 Å². The van der Waals surface area contributed by atoms with E-state index >= 15 is 0 Å². The van der Waals surface area contributed by atoms with Gasteiger partial charge in [0.15, 0.2) is 0 Å². The Bertz CT molecular complexity index is 644. The Kier molecular flexibility index (Phi) is 3.03. The number of rotatable bonds is 2. The summed E-state index contributed by atoms with van der Waals surface area (Å²) in [7, 11) is 0. The number of carbonyl (C=O) groups is 1. The zero-order chi connectivity index (χ0) is 13.4. The maximum atomic E-state index is 11.0. The third-order valence-electron chi connectivity index (χ3n) is 3.50. The molecule has 4 nitrogen and oxygen atoms in total. The van der Waals surface area contributed by atoms with Crippen molar-refractivity contribution in [3.8, 4) is 0 Å². The van der Waals surface area contributed by atoms with Crippen molar-refractivity contribution in [2.24, 2.45) is 5.92 Å². The molecule has 1 fully saturated rings. The minimum atomic E-state index is -0.730. The Morgan fingerprint density at radius 1 is 1.37 bits per heavy atom. The van der Waals surface area contributed by atoms with Crippen LogP contribution in [0.3, 0.4) is 0 Å². The molecule has 2 heterocycles. The molecule has 1 unspecified atom stereocenters. The largest absolute Gasteiger partial charge is 0.481 e. The number of carboxylic acid groups (broad SMARTS) is 1. The van der Waals surface area contributed by atoms with Crippen molar-refractivity contribution in [3.63, 3.8) is 0 Å². The topological polar surface area (TPSA) is 53.4 Å². The lowest BCUT2D eigenvalue weighted by Crippen LogP contribution is -2.23. The highest BCUT2D eigenvalue weighted by atomic mass is 35.5. The predicted octanol–water partition coefficient (Wildman–Crippen LogP) is 2.80. The number of aliphatic carboxylic acids is 1. The lowest BCUT2D eigenvalue weighted by atomic mass is 10.1. The molecule has 1 saturated heterocycles. The van der Waals surface area contributed by atoms with Gasteiger partial charge in [0.25, 0.3) is 0 Å². The van der Waals surface area contributed by atoms with Crippen LogP contribution in [-0.2, 0) is 4.79 Å². The quantitative estimate of drug-likeness (QED) is 0.916. The van der Waals surface area contributed by atoms with E-state index in [-0.39, 0.29) is 5.92 Å². The first-order valence-corrected chi connectivity index (χ1v) is 6.55. The molecule has 0 radical (unpaired) electrons. The van der Waals surface area contributed by atoms with Crippen molar-refractivity contribution in [3.05, 3.63) is 35.4 Å². The molecule has 1 aromatic heterocycles. The van der Waals surface area contributed by atoms with Crippen LogP contribution in [0, 0.1) is 5.92 Å². The van der Waals surface area contributed by atoms with E-state index < -0.39 is 5.97 Å². The summed E-state index contributed by atoms with van der Waals surface area (Å²) >= 11 is 5.96. The van der Waals surface area contributed by atoms with E-state index in [1.165, 1.54) is 0 Å². The zero-order valence-electron chi connectivity index (χ0n) is 10.2. The monoisotopic (exact) mass is 276 g/mol. The first-order valence-electron chi connectivity index (χ1n) is 6.17. The van der Waals surface area contributed by atoms with Crippen molar-refractivity contribution in [2.45, 2.75) is 6.42 Å². The summed E-state index contributed by atoms with van der Waals surface area (Å²) in [6, 6.07) is 9.51. The minimum absolute atomic E-state index is 0.295. The second-order valence-electron chi connectivity index (χ2n) is 4.78. The molecule has 1 aliphatic heterocycles. The highest BCUT2D eigenvalue weighted by Crippen LogP contribution is 2.25. The van der Waals surface area contributed by atoms with Crippen LogP contribution in [-0.4, -0.2) is 29.1 Å². The number of aromatic nitrogens is 1. The normalized spacial score (nSPS) is 19.0. The molecule has 3 rings (SSSR count). The number of carboxylic acids is 1. The van der Waals surface area contributed by atoms with Crippen molar-refractivity contribution in [2.75, 3.05) is 18.0 Å². The molecule has 0 amide bonds. The lowest BCUT2D eigenvalue weighted by molar-refractivity contribution is -0.140. The highest BCUT2D eigenvalue weighted by molar-refractivity contribution is 6.31. The van der Waals surface area contributed by atoms with Crippen LogP contribution in [0.2, 0.25) is 5.02 Å². The highest BCUT2D eigenvalue weighted by Gasteiger charge is 2.28. The van der Waals surface area contributed by atoms with Gasteiger partial charge in [-0.3, -0.25) is 4.79 Å². The summed E-state index contributed by atoms with van der Waals surface area (Å²) in [4.78, 5) is 17.5. The van der Waals surface area contributed by atoms with Crippen molar-refractivity contribution in [1.29, 1.82) is 0 Å². The molecule has 1 N–H and O–H groups in total. The van der Waals surface area contributed by atoms with E-state index in [0.29, 0.717) is 18.0 Å².